The minimum absolute atomic E-state index is 0. The van der Waals surface area contributed by atoms with Crippen LogP contribution in [-0.4, -0.2) is 24.5 Å². The van der Waals surface area contributed by atoms with E-state index in [1.54, 1.807) is 12.4 Å². The smallest absolute Gasteiger partial charge is 0.252 e. The van der Waals surface area contributed by atoms with Crippen molar-refractivity contribution in [2.45, 2.75) is 19.4 Å². The van der Waals surface area contributed by atoms with Crippen LogP contribution in [0.5, 0.6) is 0 Å². The Morgan fingerprint density at radius 3 is 2.68 bits per heavy atom. The number of nitrogens with one attached hydrogen (secondary N) is 2. The summed E-state index contributed by atoms with van der Waals surface area (Å²) < 4.78 is 0. The molecule has 2 N–H and O–H groups in total. The van der Waals surface area contributed by atoms with E-state index in [2.05, 4.69) is 15.6 Å². The number of carbonyl (C=O) groups is 1. The van der Waals surface area contributed by atoms with Crippen molar-refractivity contribution in [1.82, 2.24) is 15.6 Å². The molecule has 0 unspecified atom stereocenters. The average molecular weight is 320 g/mol. The van der Waals surface area contributed by atoms with E-state index in [0.29, 0.717) is 0 Å². The normalized spacial score (nSPS) is 11.4. The van der Waals surface area contributed by atoms with Crippen LogP contribution in [-0.2, 0) is 6.42 Å². The quantitative estimate of drug-likeness (QED) is 0.861. The highest BCUT2D eigenvalue weighted by Crippen LogP contribution is 2.14. The van der Waals surface area contributed by atoms with E-state index in [4.69, 9.17) is 0 Å². The minimum atomic E-state index is -0.0662. The molecule has 2 rings (SSSR count). The van der Waals surface area contributed by atoms with Gasteiger partial charge in [0.15, 0.2) is 0 Å². The number of aromatic nitrogens is 1. The number of likely N-dealkylation sites (N-methyl/N-ethyl adjacent to an activating group) is 1. The highest BCUT2D eigenvalue weighted by molar-refractivity contribution is 5.95. The molecule has 4 nitrogen and oxygen atoms in total. The molecule has 0 aliphatic carbocycles. The van der Waals surface area contributed by atoms with E-state index in [-0.39, 0.29) is 24.4 Å². The first-order valence-corrected chi connectivity index (χ1v) is 7.15. The van der Waals surface area contributed by atoms with Crippen molar-refractivity contribution in [1.29, 1.82) is 0 Å². The average Bonchev–Trinajstić information content (AvgIpc) is 2.54. The van der Waals surface area contributed by atoms with Crippen LogP contribution in [0.15, 0.2) is 48.8 Å². The molecule has 0 fully saturated rings. The third-order valence-corrected chi connectivity index (χ3v) is 3.44. The summed E-state index contributed by atoms with van der Waals surface area (Å²) in [4.78, 5) is 16.5. The molecule has 118 valence electrons. The highest BCUT2D eigenvalue weighted by atomic mass is 35.5. The summed E-state index contributed by atoms with van der Waals surface area (Å²) in [6, 6.07) is 11.5. The Kier molecular flexibility index (Phi) is 7.57. The van der Waals surface area contributed by atoms with Crippen LogP contribution in [0.2, 0.25) is 0 Å². The number of rotatable bonds is 6. The molecule has 0 saturated heterocycles. The Bertz CT molecular complexity index is 589. The van der Waals surface area contributed by atoms with Crippen LogP contribution < -0.4 is 10.6 Å². The maximum absolute atomic E-state index is 12.5. The Morgan fingerprint density at radius 1 is 1.23 bits per heavy atom. The van der Waals surface area contributed by atoms with Gasteiger partial charge in [-0.25, -0.2) is 0 Å². The van der Waals surface area contributed by atoms with Gasteiger partial charge < -0.3 is 10.6 Å². The Labute approximate surface area is 137 Å². The molecule has 1 aromatic heterocycles. The van der Waals surface area contributed by atoms with Gasteiger partial charge in [0.1, 0.15) is 0 Å². The number of hydrogen-bond acceptors (Lipinski definition) is 3. The molecule has 1 heterocycles. The minimum Gasteiger partial charge on any atom is -0.345 e. The Morgan fingerprint density at radius 2 is 2.00 bits per heavy atom. The number of pyridine rings is 1. The monoisotopic (exact) mass is 319 g/mol. The van der Waals surface area contributed by atoms with Crippen molar-refractivity contribution in [3.05, 3.63) is 65.5 Å². The fraction of sp³-hybridized carbons (Fsp3) is 0.294. The highest BCUT2D eigenvalue weighted by Gasteiger charge is 2.14. The maximum Gasteiger partial charge on any atom is 0.252 e. The molecule has 2 aromatic rings. The van der Waals surface area contributed by atoms with Crippen molar-refractivity contribution in [3.8, 4) is 0 Å². The van der Waals surface area contributed by atoms with E-state index >= 15 is 0 Å². The van der Waals surface area contributed by atoms with Gasteiger partial charge >= 0.3 is 0 Å². The lowest BCUT2D eigenvalue weighted by Gasteiger charge is -2.15. The van der Waals surface area contributed by atoms with Crippen molar-refractivity contribution < 1.29 is 4.79 Å². The summed E-state index contributed by atoms with van der Waals surface area (Å²) in [6.07, 6.45) is 4.34. The number of benzene rings is 1. The van der Waals surface area contributed by atoms with Gasteiger partial charge in [-0.2, -0.15) is 0 Å². The number of amides is 1. The van der Waals surface area contributed by atoms with E-state index in [1.807, 2.05) is 50.4 Å². The first-order chi connectivity index (χ1) is 10.2. The van der Waals surface area contributed by atoms with Gasteiger partial charge in [0.05, 0.1) is 6.04 Å². The van der Waals surface area contributed by atoms with Crippen molar-refractivity contribution >= 4 is 18.3 Å². The summed E-state index contributed by atoms with van der Waals surface area (Å²) in [6.45, 7) is 2.81. The van der Waals surface area contributed by atoms with E-state index in [1.165, 1.54) is 0 Å². The molecule has 1 aromatic carbocycles. The molecule has 5 heteroatoms. The lowest BCUT2D eigenvalue weighted by Crippen LogP contribution is -2.28. The Balaban J connectivity index is 0.00000242. The summed E-state index contributed by atoms with van der Waals surface area (Å²) >= 11 is 0. The first-order valence-electron chi connectivity index (χ1n) is 7.15. The zero-order valence-corrected chi connectivity index (χ0v) is 13.7. The zero-order chi connectivity index (χ0) is 15.1. The lowest BCUT2D eigenvalue weighted by molar-refractivity contribution is 0.0939. The zero-order valence-electron chi connectivity index (χ0n) is 12.9. The molecule has 0 saturated carbocycles. The number of carbonyl (C=O) groups excluding carboxylic acids is 1. The largest absolute Gasteiger partial charge is 0.345 e. The van der Waals surface area contributed by atoms with Crippen LogP contribution in [0.1, 0.15) is 34.5 Å². The van der Waals surface area contributed by atoms with Crippen LogP contribution in [0.3, 0.4) is 0 Å². The summed E-state index contributed by atoms with van der Waals surface area (Å²) in [5.41, 5.74) is 2.80. The van der Waals surface area contributed by atoms with Crippen LogP contribution in [0.25, 0.3) is 0 Å². The second kappa shape index (κ2) is 9.18. The standard InChI is InChI=1S/C17H21N3O.ClH/c1-13(15-7-5-10-19-12-15)20-17(21)16-8-4-3-6-14(16)9-11-18-2;/h3-8,10,12-13,18H,9,11H2,1-2H3,(H,20,21);1H/t13-;/m0./s1. The molecular formula is C17H22ClN3O. The molecular weight excluding hydrogens is 298 g/mol. The van der Waals surface area contributed by atoms with Gasteiger partial charge in [0.25, 0.3) is 5.91 Å². The summed E-state index contributed by atoms with van der Waals surface area (Å²) in [5, 5.41) is 6.14. The molecule has 0 radical (unpaired) electrons. The Hall–Kier alpha value is -1.91. The van der Waals surface area contributed by atoms with Gasteiger partial charge in [-0.1, -0.05) is 24.3 Å². The lowest BCUT2D eigenvalue weighted by atomic mass is 10.0. The third-order valence-electron chi connectivity index (χ3n) is 3.44. The predicted octanol–water partition coefficient (Wildman–Crippen LogP) is 2.76. The van der Waals surface area contributed by atoms with E-state index in [0.717, 1.165) is 29.7 Å². The first kappa shape index (κ1) is 18.1. The van der Waals surface area contributed by atoms with E-state index in [9.17, 15) is 4.79 Å². The maximum atomic E-state index is 12.5. The van der Waals surface area contributed by atoms with Crippen molar-refractivity contribution in [2.75, 3.05) is 13.6 Å². The third kappa shape index (κ3) is 4.83. The number of hydrogen-bond donors (Lipinski definition) is 2. The molecule has 0 bridgehead atoms. The van der Waals surface area contributed by atoms with Crippen LogP contribution in [0.4, 0.5) is 0 Å². The van der Waals surface area contributed by atoms with Gasteiger partial charge in [-0.3, -0.25) is 9.78 Å². The van der Waals surface area contributed by atoms with Crippen LogP contribution >= 0.6 is 12.4 Å². The molecule has 1 amide bonds. The van der Waals surface area contributed by atoms with E-state index < -0.39 is 0 Å². The SMILES string of the molecule is CNCCc1ccccc1C(=O)N[C@@H](C)c1cccnc1.Cl. The van der Waals surface area contributed by atoms with Crippen LogP contribution in [0, 0.1) is 0 Å². The predicted molar refractivity (Wildman–Crippen MR) is 91.4 cm³/mol. The molecule has 0 spiro atoms. The topological polar surface area (TPSA) is 54.0 Å². The van der Waals surface area contributed by atoms with Gasteiger partial charge in [-0.15, -0.1) is 12.4 Å². The molecule has 1 atom stereocenters. The summed E-state index contributed by atoms with van der Waals surface area (Å²) in [5.74, 6) is -0.0435. The molecule has 0 aliphatic rings. The second-order valence-electron chi connectivity index (χ2n) is 4.99. The van der Waals surface area contributed by atoms with Gasteiger partial charge in [0.2, 0.25) is 0 Å². The van der Waals surface area contributed by atoms with Crippen molar-refractivity contribution in [2.24, 2.45) is 0 Å². The van der Waals surface area contributed by atoms with Gasteiger partial charge in [-0.05, 0) is 50.2 Å². The fourth-order valence-electron chi connectivity index (χ4n) is 2.21. The summed E-state index contributed by atoms with van der Waals surface area (Å²) in [7, 11) is 1.91. The number of halogens is 1. The molecule has 0 aliphatic heterocycles. The molecule has 22 heavy (non-hydrogen) atoms. The fourth-order valence-corrected chi connectivity index (χ4v) is 2.21. The van der Waals surface area contributed by atoms with Gasteiger partial charge in [0, 0.05) is 18.0 Å². The second-order valence-corrected chi connectivity index (χ2v) is 4.99. The van der Waals surface area contributed by atoms with Crippen molar-refractivity contribution in [3.63, 3.8) is 0 Å². The number of nitrogens with zero attached hydrogens (tertiary/aromatic N) is 1.